The molecule has 2 aromatic carbocycles. The zero-order valence-corrected chi connectivity index (χ0v) is 14.4. The second-order valence-electron chi connectivity index (χ2n) is 5.16. The number of hydrogen-bond donors (Lipinski definition) is 1. The molecule has 0 saturated carbocycles. The number of anilines is 1. The second kappa shape index (κ2) is 6.40. The third-order valence-corrected chi connectivity index (χ3v) is 3.87. The van der Waals surface area contributed by atoms with Gasteiger partial charge in [-0.05, 0) is 42.5 Å². The van der Waals surface area contributed by atoms with Gasteiger partial charge in [0.2, 0.25) is 0 Å². The molecule has 25 heavy (non-hydrogen) atoms. The van der Waals surface area contributed by atoms with Crippen LogP contribution in [-0.2, 0) is 7.05 Å². The highest BCUT2D eigenvalue weighted by molar-refractivity contribution is 9.10. The Morgan fingerprint density at radius 1 is 1.20 bits per heavy atom. The third-order valence-electron chi connectivity index (χ3n) is 3.37. The van der Waals surface area contributed by atoms with Crippen molar-refractivity contribution in [2.75, 3.05) is 5.32 Å². The van der Waals surface area contributed by atoms with Crippen LogP contribution in [0.4, 0.5) is 18.9 Å². The number of ether oxygens (including phenoxy) is 1. The lowest BCUT2D eigenvalue weighted by atomic mass is 10.2. The van der Waals surface area contributed by atoms with Gasteiger partial charge in [0, 0.05) is 22.6 Å². The maximum absolute atomic E-state index is 12.4. The fourth-order valence-corrected chi connectivity index (χ4v) is 2.68. The first-order chi connectivity index (χ1) is 11.7. The number of benzene rings is 2. The number of nitrogens with one attached hydrogen (secondary N) is 1. The van der Waals surface area contributed by atoms with Crippen molar-refractivity contribution in [3.8, 4) is 5.75 Å². The minimum Gasteiger partial charge on any atom is -0.406 e. The molecule has 0 fully saturated rings. The Morgan fingerprint density at radius 3 is 2.52 bits per heavy atom. The summed E-state index contributed by atoms with van der Waals surface area (Å²) in [6.45, 7) is 0. The Labute approximate surface area is 148 Å². The first-order valence-electron chi connectivity index (χ1n) is 7.02. The van der Waals surface area contributed by atoms with Crippen LogP contribution in [0.25, 0.3) is 10.9 Å². The van der Waals surface area contributed by atoms with Crippen molar-refractivity contribution < 1.29 is 22.7 Å². The lowest BCUT2D eigenvalue weighted by Crippen LogP contribution is -2.17. The van der Waals surface area contributed by atoms with Gasteiger partial charge in [0.05, 0.1) is 5.52 Å². The Balaban J connectivity index is 1.81. The van der Waals surface area contributed by atoms with E-state index in [0.717, 1.165) is 22.1 Å². The van der Waals surface area contributed by atoms with Crippen LogP contribution in [0.5, 0.6) is 5.75 Å². The van der Waals surface area contributed by atoms with Crippen LogP contribution >= 0.6 is 15.9 Å². The van der Waals surface area contributed by atoms with Crippen molar-refractivity contribution >= 4 is 38.4 Å². The fraction of sp³-hybridized carbons (Fsp3) is 0.125. The molecule has 1 heterocycles. The van der Waals surface area contributed by atoms with Crippen LogP contribution in [0.1, 0.15) is 10.5 Å². The standard InChI is InChI=1S/C16H11BrF3N3O2/c1-23-13-8-9(17)2-7-12(13)14(22-23)15(24)21-10-3-5-11(6-4-10)25-16(18,19)20/h2-8H,1H3,(H,21,24). The van der Waals surface area contributed by atoms with Crippen LogP contribution in [0.15, 0.2) is 46.9 Å². The SMILES string of the molecule is Cn1nc(C(=O)Nc2ccc(OC(F)(F)F)cc2)c2ccc(Br)cc21. The highest BCUT2D eigenvalue weighted by Gasteiger charge is 2.31. The average Bonchev–Trinajstić information content (AvgIpc) is 2.84. The smallest absolute Gasteiger partial charge is 0.406 e. The highest BCUT2D eigenvalue weighted by Crippen LogP contribution is 2.25. The minimum absolute atomic E-state index is 0.223. The van der Waals surface area contributed by atoms with Crippen molar-refractivity contribution in [2.45, 2.75) is 6.36 Å². The van der Waals surface area contributed by atoms with E-state index in [-0.39, 0.29) is 11.4 Å². The van der Waals surface area contributed by atoms with Gasteiger partial charge >= 0.3 is 6.36 Å². The molecule has 0 aliphatic rings. The van der Waals surface area contributed by atoms with Gasteiger partial charge in [0.25, 0.3) is 5.91 Å². The summed E-state index contributed by atoms with van der Waals surface area (Å²) in [6, 6.07) is 10.3. The minimum atomic E-state index is -4.76. The first kappa shape index (κ1) is 17.3. The summed E-state index contributed by atoms with van der Waals surface area (Å²) < 4.78 is 42.7. The zero-order chi connectivity index (χ0) is 18.2. The molecule has 0 aliphatic heterocycles. The van der Waals surface area contributed by atoms with Gasteiger partial charge in [-0.15, -0.1) is 13.2 Å². The Hall–Kier alpha value is -2.55. The molecular formula is C16H11BrF3N3O2. The quantitative estimate of drug-likeness (QED) is 0.688. The molecule has 0 bridgehead atoms. The summed E-state index contributed by atoms with van der Waals surface area (Å²) in [4.78, 5) is 12.4. The van der Waals surface area contributed by atoms with E-state index in [9.17, 15) is 18.0 Å². The number of carbonyl (C=O) groups excluding carboxylic acids is 1. The number of alkyl halides is 3. The molecule has 9 heteroatoms. The molecule has 0 unspecified atom stereocenters. The van der Waals surface area contributed by atoms with Gasteiger partial charge in [-0.3, -0.25) is 9.48 Å². The maximum Gasteiger partial charge on any atom is 0.573 e. The predicted molar refractivity (Wildman–Crippen MR) is 89.5 cm³/mol. The molecule has 0 saturated heterocycles. The summed E-state index contributed by atoms with van der Waals surface area (Å²) in [5.74, 6) is -0.823. The van der Waals surface area contributed by atoms with E-state index < -0.39 is 12.3 Å². The summed E-state index contributed by atoms with van der Waals surface area (Å²) in [6.07, 6.45) is -4.76. The van der Waals surface area contributed by atoms with E-state index in [2.05, 4.69) is 31.1 Å². The first-order valence-corrected chi connectivity index (χ1v) is 7.82. The topological polar surface area (TPSA) is 56.2 Å². The number of hydrogen-bond acceptors (Lipinski definition) is 3. The lowest BCUT2D eigenvalue weighted by Gasteiger charge is -2.09. The molecule has 0 aliphatic carbocycles. The molecule has 3 aromatic rings. The van der Waals surface area contributed by atoms with Gasteiger partial charge in [-0.25, -0.2) is 0 Å². The molecule has 0 atom stereocenters. The number of halogens is 4. The fourth-order valence-electron chi connectivity index (χ4n) is 2.33. The van der Waals surface area contributed by atoms with Gasteiger partial charge < -0.3 is 10.1 Å². The molecule has 0 spiro atoms. The van der Waals surface area contributed by atoms with Gasteiger partial charge in [0.1, 0.15) is 5.75 Å². The maximum atomic E-state index is 12.4. The van der Waals surface area contributed by atoms with Gasteiger partial charge in [0.15, 0.2) is 5.69 Å². The van der Waals surface area contributed by atoms with Crippen molar-refractivity contribution in [3.05, 3.63) is 52.6 Å². The largest absolute Gasteiger partial charge is 0.573 e. The molecular weight excluding hydrogens is 403 g/mol. The van der Waals surface area contributed by atoms with E-state index in [1.54, 1.807) is 23.9 Å². The van der Waals surface area contributed by atoms with Crippen LogP contribution in [0.2, 0.25) is 0 Å². The summed E-state index contributed by atoms with van der Waals surface area (Å²) in [7, 11) is 1.72. The number of aryl methyl sites for hydroxylation is 1. The van der Waals surface area contributed by atoms with E-state index in [0.29, 0.717) is 11.1 Å². The molecule has 3 rings (SSSR count). The van der Waals surface area contributed by atoms with Gasteiger partial charge in [-0.2, -0.15) is 5.10 Å². The Kier molecular flexibility index (Phi) is 4.42. The van der Waals surface area contributed by atoms with Crippen LogP contribution < -0.4 is 10.1 Å². The van der Waals surface area contributed by atoms with Crippen molar-refractivity contribution in [1.29, 1.82) is 0 Å². The summed E-state index contributed by atoms with van der Waals surface area (Å²) >= 11 is 3.36. The van der Waals surface area contributed by atoms with Crippen molar-refractivity contribution in [3.63, 3.8) is 0 Å². The molecule has 1 amide bonds. The molecule has 1 N–H and O–H groups in total. The van der Waals surface area contributed by atoms with E-state index in [4.69, 9.17) is 0 Å². The monoisotopic (exact) mass is 413 g/mol. The number of carbonyl (C=O) groups is 1. The van der Waals surface area contributed by atoms with E-state index >= 15 is 0 Å². The van der Waals surface area contributed by atoms with Crippen LogP contribution in [0.3, 0.4) is 0 Å². The van der Waals surface area contributed by atoms with E-state index in [1.807, 2.05) is 6.07 Å². The van der Waals surface area contributed by atoms with Crippen molar-refractivity contribution in [2.24, 2.45) is 7.05 Å². The Morgan fingerprint density at radius 2 is 1.88 bits per heavy atom. The average molecular weight is 414 g/mol. The number of amides is 1. The summed E-state index contributed by atoms with van der Waals surface area (Å²) in [5, 5.41) is 7.48. The molecule has 5 nitrogen and oxygen atoms in total. The Bertz CT molecular complexity index is 936. The zero-order valence-electron chi connectivity index (χ0n) is 12.8. The number of fused-ring (bicyclic) bond motifs is 1. The number of rotatable bonds is 3. The molecule has 130 valence electrons. The normalized spacial score (nSPS) is 11.6. The van der Waals surface area contributed by atoms with Crippen LogP contribution in [-0.4, -0.2) is 22.1 Å². The highest BCUT2D eigenvalue weighted by atomic mass is 79.9. The third kappa shape index (κ3) is 3.93. The molecule has 0 radical (unpaired) electrons. The lowest BCUT2D eigenvalue weighted by molar-refractivity contribution is -0.274. The molecule has 1 aromatic heterocycles. The number of nitrogens with zero attached hydrogens (tertiary/aromatic N) is 2. The summed E-state index contributed by atoms with van der Waals surface area (Å²) in [5.41, 5.74) is 1.32. The van der Waals surface area contributed by atoms with E-state index in [1.165, 1.54) is 12.1 Å². The number of aromatic nitrogens is 2. The second-order valence-corrected chi connectivity index (χ2v) is 6.08. The van der Waals surface area contributed by atoms with Crippen molar-refractivity contribution in [1.82, 2.24) is 9.78 Å². The van der Waals surface area contributed by atoms with Crippen LogP contribution in [0, 0.1) is 0 Å². The predicted octanol–water partition coefficient (Wildman–Crippen LogP) is 4.49. The van der Waals surface area contributed by atoms with Gasteiger partial charge in [-0.1, -0.05) is 15.9 Å².